The summed E-state index contributed by atoms with van der Waals surface area (Å²) in [6.45, 7) is 8.81. The number of aromatic nitrogens is 3. The Labute approximate surface area is 113 Å². The lowest BCUT2D eigenvalue weighted by Crippen LogP contribution is -2.22. The summed E-state index contributed by atoms with van der Waals surface area (Å²) >= 11 is 5.36. The third kappa shape index (κ3) is 2.38. The van der Waals surface area contributed by atoms with E-state index in [2.05, 4.69) is 54.6 Å². The molecule has 0 aliphatic heterocycles. The van der Waals surface area contributed by atoms with Crippen molar-refractivity contribution in [1.29, 1.82) is 0 Å². The first-order chi connectivity index (χ1) is 8.41. The molecule has 0 spiro atoms. The van der Waals surface area contributed by atoms with Crippen LogP contribution in [0.1, 0.15) is 33.7 Å². The molecule has 96 valence electrons. The molecule has 2 rings (SSSR count). The minimum absolute atomic E-state index is 0.131. The van der Waals surface area contributed by atoms with Crippen LogP contribution in [0, 0.1) is 10.2 Å². The third-order valence-electron chi connectivity index (χ3n) is 3.38. The van der Waals surface area contributed by atoms with Crippen molar-refractivity contribution in [2.75, 3.05) is 0 Å². The molecule has 1 aromatic heterocycles. The SMILES string of the molecule is CC(n1c(-c2ccccc2)n[nH]c1=S)C(C)(C)C. The number of hydrogen-bond acceptors (Lipinski definition) is 2. The fourth-order valence-electron chi connectivity index (χ4n) is 1.84. The summed E-state index contributed by atoms with van der Waals surface area (Å²) in [7, 11) is 0. The first-order valence-electron chi connectivity index (χ1n) is 6.13. The number of nitrogens with zero attached hydrogens (tertiary/aromatic N) is 2. The summed E-state index contributed by atoms with van der Waals surface area (Å²) in [6.07, 6.45) is 0. The Balaban J connectivity index is 2.56. The van der Waals surface area contributed by atoms with Crippen LogP contribution in [-0.2, 0) is 0 Å². The summed E-state index contributed by atoms with van der Waals surface area (Å²) in [5.41, 5.74) is 1.21. The van der Waals surface area contributed by atoms with Crippen LogP contribution in [0.3, 0.4) is 0 Å². The molecule has 0 radical (unpaired) electrons. The zero-order chi connectivity index (χ0) is 13.3. The van der Waals surface area contributed by atoms with Gasteiger partial charge in [-0.05, 0) is 24.6 Å². The summed E-state index contributed by atoms with van der Waals surface area (Å²) in [5, 5.41) is 7.27. The number of benzene rings is 1. The van der Waals surface area contributed by atoms with Gasteiger partial charge in [-0.3, -0.25) is 9.67 Å². The first-order valence-corrected chi connectivity index (χ1v) is 6.54. The van der Waals surface area contributed by atoms with Crippen molar-refractivity contribution in [3.8, 4) is 11.4 Å². The van der Waals surface area contributed by atoms with E-state index in [1.54, 1.807) is 0 Å². The molecule has 1 aromatic carbocycles. The molecule has 0 saturated carbocycles. The van der Waals surface area contributed by atoms with E-state index in [1.807, 2.05) is 18.2 Å². The van der Waals surface area contributed by atoms with E-state index < -0.39 is 0 Å². The molecule has 0 saturated heterocycles. The van der Waals surface area contributed by atoms with Gasteiger partial charge in [0.1, 0.15) is 0 Å². The van der Waals surface area contributed by atoms with Crippen LogP contribution in [0.5, 0.6) is 0 Å². The van der Waals surface area contributed by atoms with Crippen molar-refractivity contribution >= 4 is 12.2 Å². The smallest absolute Gasteiger partial charge is 0.195 e. The highest BCUT2D eigenvalue weighted by atomic mass is 32.1. The maximum atomic E-state index is 5.36. The molecule has 2 aromatic rings. The molecule has 1 atom stereocenters. The van der Waals surface area contributed by atoms with Crippen LogP contribution in [-0.4, -0.2) is 14.8 Å². The predicted octanol–water partition coefficient (Wildman–Crippen LogP) is 4.21. The summed E-state index contributed by atoms with van der Waals surface area (Å²) in [4.78, 5) is 0. The average Bonchev–Trinajstić information content (AvgIpc) is 2.70. The highest BCUT2D eigenvalue weighted by molar-refractivity contribution is 7.71. The lowest BCUT2D eigenvalue weighted by Gasteiger charge is -2.29. The Morgan fingerprint density at radius 1 is 1.22 bits per heavy atom. The van der Waals surface area contributed by atoms with Gasteiger partial charge < -0.3 is 0 Å². The standard InChI is InChI=1S/C14H19N3S/c1-10(14(2,3)4)17-12(15-16-13(17)18)11-8-6-5-7-9-11/h5-10H,1-4H3,(H,16,18). The van der Waals surface area contributed by atoms with Gasteiger partial charge in [0.25, 0.3) is 0 Å². The number of hydrogen-bond donors (Lipinski definition) is 1. The highest BCUT2D eigenvalue weighted by Gasteiger charge is 2.25. The fourth-order valence-corrected chi connectivity index (χ4v) is 2.13. The predicted molar refractivity (Wildman–Crippen MR) is 77.0 cm³/mol. The van der Waals surface area contributed by atoms with E-state index >= 15 is 0 Å². The maximum absolute atomic E-state index is 5.36. The Hall–Kier alpha value is -1.42. The lowest BCUT2D eigenvalue weighted by molar-refractivity contribution is 0.262. The monoisotopic (exact) mass is 261 g/mol. The Morgan fingerprint density at radius 3 is 2.39 bits per heavy atom. The second-order valence-electron chi connectivity index (χ2n) is 5.63. The average molecular weight is 261 g/mol. The highest BCUT2D eigenvalue weighted by Crippen LogP contribution is 2.33. The van der Waals surface area contributed by atoms with Crippen molar-refractivity contribution in [3.63, 3.8) is 0 Å². The van der Waals surface area contributed by atoms with Crippen molar-refractivity contribution in [3.05, 3.63) is 35.1 Å². The van der Waals surface area contributed by atoms with Crippen LogP contribution >= 0.6 is 12.2 Å². The molecule has 3 nitrogen and oxygen atoms in total. The topological polar surface area (TPSA) is 33.6 Å². The van der Waals surface area contributed by atoms with Gasteiger partial charge in [-0.15, -0.1) is 0 Å². The van der Waals surface area contributed by atoms with E-state index in [0.29, 0.717) is 4.77 Å². The molecule has 4 heteroatoms. The van der Waals surface area contributed by atoms with E-state index in [1.165, 1.54) is 0 Å². The van der Waals surface area contributed by atoms with E-state index in [9.17, 15) is 0 Å². The molecule has 0 aliphatic rings. The molecule has 1 heterocycles. The van der Waals surface area contributed by atoms with Crippen LogP contribution < -0.4 is 0 Å². The van der Waals surface area contributed by atoms with Gasteiger partial charge in [-0.25, -0.2) is 0 Å². The molecular formula is C14H19N3S. The van der Waals surface area contributed by atoms with Crippen molar-refractivity contribution < 1.29 is 0 Å². The van der Waals surface area contributed by atoms with Gasteiger partial charge in [0.05, 0.1) is 0 Å². The van der Waals surface area contributed by atoms with Crippen molar-refractivity contribution in [2.45, 2.75) is 33.7 Å². The zero-order valence-corrected chi connectivity index (χ0v) is 12.1. The number of aromatic amines is 1. The summed E-state index contributed by atoms with van der Waals surface area (Å²) in [6, 6.07) is 10.4. The quantitative estimate of drug-likeness (QED) is 0.821. The van der Waals surface area contributed by atoms with Gasteiger partial charge >= 0.3 is 0 Å². The molecular weight excluding hydrogens is 242 g/mol. The van der Waals surface area contributed by atoms with Crippen LogP contribution in [0.25, 0.3) is 11.4 Å². The Bertz CT molecular complexity index is 575. The molecule has 0 aliphatic carbocycles. The first kappa shape index (κ1) is 13.0. The number of H-pyrrole nitrogens is 1. The number of nitrogens with one attached hydrogen (secondary N) is 1. The van der Waals surface area contributed by atoms with Gasteiger partial charge in [0, 0.05) is 11.6 Å². The largest absolute Gasteiger partial charge is 0.297 e. The van der Waals surface area contributed by atoms with Gasteiger partial charge in [0.15, 0.2) is 10.6 Å². The summed E-state index contributed by atoms with van der Waals surface area (Å²) in [5.74, 6) is 0.906. The molecule has 1 unspecified atom stereocenters. The summed E-state index contributed by atoms with van der Waals surface area (Å²) < 4.78 is 2.78. The molecule has 18 heavy (non-hydrogen) atoms. The van der Waals surface area contributed by atoms with Crippen LogP contribution in [0.2, 0.25) is 0 Å². The normalized spacial score (nSPS) is 13.6. The van der Waals surface area contributed by atoms with E-state index in [-0.39, 0.29) is 11.5 Å². The second kappa shape index (κ2) is 4.69. The Morgan fingerprint density at radius 2 is 1.83 bits per heavy atom. The zero-order valence-electron chi connectivity index (χ0n) is 11.3. The Kier molecular flexibility index (Phi) is 3.39. The number of rotatable bonds is 2. The molecule has 0 amide bonds. The van der Waals surface area contributed by atoms with E-state index in [0.717, 1.165) is 11.4 Å². The molecule has 0 fully saturated rings. The third-order valence-corrected chi connectivity index (χ3v) is 3.67. The van der Waals surface area contributed by atoms with Gasteiger partial charge in [-0.1, -0.05) is 51.1 Å². The van der Waals surface area contributed by atoms with Crippen molar-refractivity contribution in [1.82, 2.24) is 14.8 Å². The minimum Gasteiger partial charge on any atom is -0.297 e. The van der Waals surface area contributed by atoms with Crippen LogP contribution in [0.4, 0.5) is 0 Å². The van der Waals surface area contributed by atoms with E-state index in [4.69, 9.17) is 12.2 Å². The lowest BCUT2D eigenvalue weighted by atomic mass is 9.88. The molecule has 0 bridgehead atoms. The van der Waals surface area contributed by atoms with Crippen molar-refractivity contribution in [2.24, 2.45) is 5.41 Å². The maximum Gasteiger partial charge on any atom is 0.195 e. The van der Waals surface area contributed by atoms with Crippen LogP contribution in [0.15, 0.2) is 30.3 Å². The van der Waals surface area contributed by atoms with Gasteiger partial charge in [-0.2, -0.15) is 5.10 Å². The van der Waals surface area contributed by atoms with Gasteiger partial charge in [0.2, 0.25) is 0 Å². The molecule has 1 N–H and O–H groups in total. The second-order valence-corrected chi connectivity index (χ2v) is 6.02. The minimum atomic E-state index is 0.131. The fraction of sp³-hybridized carbons (Fsp3) is 0.429.